The van der Waals surface area contributed by atoms with Gasteiger partial charge in [-0.05, 0) is 30.5 Å². The van der Waals surface area contributed by atoms with Gasteiger partial charge in [0, 0.05) is 18.5 Å². The minimum atomic E-state index is -0.655. The van der Waals surface area contributed by atoms with Gasteiger partial charge < -0.3 is 15.4 Å². The van der Waals surface area contributed by atoms with Gasteiger partial charge in [-0.2, -0.15) is 0 Å². The van der Waals surface area contributed by atoms with Crippen molar-refractivity contribution in [3.63, 3.8) is 0 Å². The summed E-state index contributed by atoms with van der Waals surface area (Å²) in [5.74, 6) is -0.126. The molecule has 0 radical (unpaired) electrons. The SMILES string of the molecule is O=C(COc1ccc(Cl)c(Cl)c1)NC(Cc1ccccc1)C(=O)NC1CC1. The Bertz CT molecular complexity index is 810. The van der Waals surface area contributed by atoms with E-state index >= 15 is 0 Å². The zero-order valence-corrected chi connectivity index (χ0v) is 16.1. The molecule has 7 heteroatoms. The number of amides is 2. The van der Waals surface area contributed by atoms with Gasteiger partial charge in [-0.1, -0.05) is 53.5 Å². The van der Waals surface area contributed by atoms with Gasteiger partial charge in [0.25, 0.3) is 5.91 Å². The Hall–Kier alpha value is -2.24. The van der Waals surface area contributed by atoms with Gasteiger partial charge in [0.15, 0.2) is 6.61 Å². The van der Waals surface area contributed by atoms with Crippen LogP contribution in [0.2, 0.25) is 10.0 Å². The molecule has 2 aromatic carbocycles. The zero-order valence-electron chi connectivity index (χ0n) is 14.6. The molecule has 0 spiro atoms. The molecule has 1 unspecified atom stereocenters. The summed E-state index contributed by atoms with van der Waals surface area (Å²) in [5, 5.41) is 6.46. The van der Waals surface area contributed by atoms with Crippen LogP contribution in [-0.4, -0.2) is 30.5 Å². The molecular weight excluding hydrogens is 387 g/mol. The number of hydrogen-bond donors (Lipinski definition) is 2. The fourth-order valence-electron chi connectivity index (χ4n) is 2.54. The van der Waals surface area contributed by atoms with Gasteiger partial charge in [0.1, 0.15) is 11.8 Å². The van der Waals surface area contributed by atoms with E-state index in [1.165, 1.54) is 0 Å². The quantitative estimate of drug-likeness (QED) is 0.705. The van der Waals surface area contributed by atoms with Crippen molar-refractivity contribution >= 4 is 35.0 Å². The van der Waals surface area contributed by atoms with Crippen LogP contribution in [0.1, 0.15) is 18.4 Å². The van der Waals surface area contributed by atoms with Crippen LogP contribution < -0.4 is 15.4 Å². The van der Waals surface area contributed by atoms with E-state index in [1.54, 1.807) is 18.2 Å². The molecule has 2 amide bonds. The van der Waals surface area contributed by atoms with E-state index in [2.05, 4.69) is 10.6 Å². The number of rotatable bonds is 8. The number of ether oxygens (including phenoxy) is 1. The van der Waals surface area contributed by atoms with E-state index in [0.29, 0.717) is 22.2 Å². The lowest BCUT2D eigenvalue weighted by Crippen LogP contribution is -2.49. The second-order valence-electron chi connectivity index (χ2n) is 6.46. The Morgan fingerprint density at radius 1 is 1.07 bits per heavy atom. The lowest BCUT2D eigenvalue weighted by atomic mass is 10.1. The number of nitrogens with one attached hydrogen (secondary N) is 2. The fourth-order valence-corrected chi connectivity index (χ4v) is 2.83. The summed E-state index contributed by atoms with van der Waals surface area (Å²) in [6, 6.07) is 13.9. The molecule has 0 saturated heterocycles. The van der Waals surface area contributed by atoms with Crippen LogP contribution in [-0.2, 0) is 16.0 Å². The first kappa shape index (κ1) is 19.5. The number of hydrogen-bond acceptors (Lipinski definition) is 3. The number of halogens is 2. The molecule has 1 fully saturated rings. The second kappa shape index (κ2) is 9.11. The Kier molecular flexibility index (Phi) is 6.58. The van der Waals surface area contributed by atoms with Crippen molar-refractivity contribution in [1.82, 2.24) is 10.6 Å². The molecule has 1 aliphatic carbocycles. The summed E-state index contributed by atoms with van der Waals surface area (Å²) in [6.45, 7) is -0.222. The predicted molar refractivity (Wildman–Crippen MR) is 105 cm³/mol. The molecule has 1 atom stereocenters. The van der Waals surface area contributed by atoms with Gasteiger partial charge in [-0.15, -0.1) is 0 Å². The molecule has 142 valence electrons. The van der Waals surface area contributed by atoms with E-state index in [-0.39, 0.29) is 24.5 Å². The molecule has 27 heavy (non-hydrogen) atoms. The van der Waals surface area contributed by atoms with Gasteiger partial charge in [-0.3, -0.25) is 9.59 Å². The molecule has 0 aliphatic heterocycles. The Morgan fingerprint density at radius 2 is 1.81 bits per heavy atom. The van der Waals surface area contributed by atoms with E-state index in [1.807, 2.05) is 30.3 Å². The maximum absolute atomic E-state index is 12.5. The van der Waals surface area contributed by atoms with Crippen molar-refractivity contribution in [3.05, 3.63) is 64.1 Å². The molecule has 2 N–H and O–H groups in total. The first-order chi connectivity index (χ1) is 13.0. The molecule has 2 aromatic rings. The molecule has 0 bridgehead atoms. The molecule has 1 saturated carbocycles. The highest BCUT2D eigenvalue weighted by molar-refractivity contribution is 6.42. The van der Waals surface area contributed by atoms with Gasteiger partial charge in [-0.25, -0.2) is 0 Å². The lowest BCUT2D eigenvalue weighted by Gasteiger charge is -2.19. The fraction of sp³-hybridized carbons (Fsp3) is 0.300. The lowest BCUT2D eigenvalue weighted by molar-refractivity contribution is -0.130. The largest absolute Gasteiger partial charge is 0.484 e. The zero-order chi connectivity index (χ0) is 19.2. The van der Waals surface area contributed by atoms with Gasteiger partial charge in [0.2, 0.25) is 5.91 Å². The summed E-state index contributed by atoms with van der Waals surface area (Å²) in [6.07, 6.45) is 2.38. The molecule has 0 heterocycles. The number of benzene rings is 2. The summed E-state index contributed by atoms with van der Waals surface area (Å²) in [5.41, 5.74) is 0.971. The van der Waals surface area contributed by atoms with Crippen molar-refractivity contribution in [2.45, 2.75) is 31.3 Å². The van der Waals surface area contributed by atoms with E-state index in [4.69, 9.17) is 27.9 Å². The average Bonchev–Trinajstić information content (AvgIpc) is 3.47. The van der Waals surface area contributed by atoms with Crippen LogP contribution in [0.3, 0.4) is 0 Å². The highest BCUT2D eigenvalue weighted by Gasteiger charge is 2.28. The van der Waals surface area contributed by atoms with Crippen LogP contribution in [0.15, 0.2) is 48.5 Å². The Balaban J connectivity index is 1.58. The van der Waals surface area contributed by atoms with Crippen molar-refractivity contribution < 1.29 is 14.3 Å². The van der Waals surface area contributed by atoms with Crippen LogP contribution in [0.4, 0.5) is 0 Å². The van der Waals surface area contributed by atoms with Crippen LogP contribution in [0, 0.1) is 0 Å². The normalized spacial score (nSPS) is 14.3. The van der Waals surface area contributed by atoms with Gasteiger partial charge >= 0.3 is 0 Å². The van der Waals surface area contributed by atoms with Crippen molar-refractivity contribution in [3.8, 4) is 5.75 Å². The topological polar surface area (TPSA) is 67.4 Å². The second-order valence-corrected chi connectivity index (χ2v) is 7.27. The molecule has 0 aromatic heterocycles. The van der Waals surface area contributed by atoms with Crippen molar-refractivity contribution in [2.75, 3.05) is 6.61 Å². The maximum Gasteiger partial charge on any atom is 0.258 e. The first-order valence-corrected chi connectivity index (χ1v) is 9.48. The minimum Gasteiger partial charge on any atom is -0.484 e. The van der Waals surface area contributed by atoms with Crippen LogP contribution in [0.25, 0.3) is 0 Å². The molecule has 3 rings (SSSR count). The summed E-state index contributed by atoms with van der Waals surface area (Å²) < 4.78 is 5.44. The van der Waals surface area contributed by atoms with Crippen molar-refractivity contribution in [1.29, 1.82) is 0 Å². The summed E-state index contributed by atoms with van der Waals surface area (Å²) >= 11 is 11.8. The van der Waals surface area contributed by atoms with Crippen LogP contribution in [0.5, 0.6) is 5.75 Å². The van der Waals surface area contributed by atoms with Crippen LogP contribution >= 0.6 is 23.2 Å². The molecule has 1 aliphatic rings. The summed E-state index contributed by atoms with van der Waals surface area (Å²) in [4.78, 5) is 24.8. The third-order valence-electron chi connectivity index (χ3n) is 4.12. The highest BCUT2D eigenvalue weighted by Crippen LogP contribution is 2.26. The van der Waals surface area contributed by atoms with Crippen molar-refractivity contribution in [2.24, 2.45) is 0 Å². The van der Waals surface area contributed by atoms with E-state index in [0.717, 1.165) is 18.4 Å². The first-order valence-electron chi connectivity index (χ1n) is 8.73. The predicted octanol–water partition coefficient (Wildman–Crippen LogP) is 3.38. The number of carbonyl (C=O) groups excluding carboxylic acids is 2. The third-order valence-corrected chi connectivity index (χ3v) is 4.86. The smallest absolute Gasteiger partial charge is 0.258 e. The van der Waals surface area contributed by atoms with E-state index in [9.17, 15) is 9.59 Å². The molecular formula is C20H20Cl2N2O3. The third kappa shape index (κ3) is 6.15. The summed E-state index contributed by atoms with van der Waals surface area (Å²) in [7, 11) is 0. The standard InChI is InChI=1S/C20H20Cl2N2O3/c21-16-9-8-15(11-17(16)22)27-12-19(25)24-18(20(26)23-14-6-7-14)10-13-4-2-1-3-5-13/h1-5,8-9,11,14,18H,6-7,10,12H2,(H,23,26)(H,24,25). The Morgan fingerprint density at radius 3 is 2.48 bits per heavy atom. The number of carbonyl (C=O) groups is 2. The van der Waals surface area contributed by atoms with Gasteiger partial charge in [0.05, 0.1) is 10.0 Å². The average molecular weight is 407 g/mol. The maximum atomic E-state index is 12.5. The Labute approximate surface area is 168 Å². The van der Waals surface area contributed by atoms with E-state index < -0.39 is 6.04 Å². The molecule has 5 nitrogen and oxygen atoms in total. The highest BCUT2D eigenvalue weighted by atomic mass is 35.5. The monoisotopic (exact) mass is 406 g/mol. The minimum absolute atomic E-state index is 0.177.